The Bertz CT molecular complexity index is 1950. The molecular weight excluding hydrogens is 771 g/mol. The Morgan fingerprint density at radius 3 is 2.35 bits per heavy atom. The SMILES string of the molecule is CCC(C)COC(=O)c1ccc(-c2ccc(OCc3cn(CCCCCC(=O)O[C@H]4CC[C@@]5(C)C(=CC[C@H]6[C@@H]7CC[C@H]([C@H](C)CCCC(C)C)[C@@]7(C)CC[C@@H]65)C4)nn3)cc2)cc1. The number of fused-ring (bicyclic) bond motifs is 5. The number of carbonyl (C=O) groups excluding carboxylic acids is 2. The van der Waals surface area contributed by atoms with Crippen LogP contribution >= 0.6 is 0 Å². The summed E-state index contributed by atoms with van der Waals surface area (Å²) in [6.45, 7) is 18.2. The fourth-order valence-corrected chi connectivity index (χ4v) is 12.4. The Labute approximate surface area is 373 Å². The van der Waals surface area contributed by atoms with Gasteiger partial charge in [-0.1, -0.05) is 122 Å². The molecule has 0 N–H and O–H groups in total. The predicted molar refractivity (Wildman–Crippen MR) is 247 cm³/mol. The maximum atomic E-state index is 13.0. The Hall–Kier alpha value is -3.94. The first kappa shape index (κ1) is 46.1. The molecule has 1 unspecified atom stereocenters. The molecule has 4 aliphatic rings. The molecule has 0 radical (unpaired) electrons. The summed E-state index contributed by atoms with van der Waals surface area (Å²) in [5.74, 6) is 5.82. The minimum Gasteiger partial charge on any atom is -0.487 e. The molecule has 3 saturated carbocycles. The van der Waals surface area contributed by atoms with Gasteiger partial charge in [-0.2, -0.15) is 0 Å². The normalized spacial score (nSPS) is 27.7. The van der Waals surface area contributed by atoms with Gasteiger partial charge in [0, 0.05) is 19.4 Å². The minimum atomic E-state index is -0.286. The van der Waals surface area contributed by atoms with Gasteiger partial charge in [0.15, 0.2) is 0 Å². The van der Waals surface area contributed by atoms with Crippen molar-refractivity contribution < 1.29 is 23.8 Å². The molecule has 0 bridgehead atoms. The summed E-state index contributed by atoms with van der Waals surface area (Å²) in [6.07, 6.45) is 22.8. The van der Waals surface area contributed by atoms with Gasteiger partial charge in [0.25, 0.3) is 0 Å². The summed E-state index contributed by atoms with van der Waals surface area (Å²) >= 11 is 0. The Morgan fingerprint density at radius 2 is 1.61 bits per heavy atom. The van der Waals surface area contributed by atoms with Crippen molar-refractivity contribution in [3.63, 3.8) is 0 Å². The van der Waals surface area contributed by atoms with Crippen LogP contribution in [0.2, 0.25) is 0 Å². The van der Waals surface area contributed by atoms with E-state index >= 15 is 0 Å². The van der Waals surface area contributed by atoms with E-state index < -0.39 is 0 Å². The molecule has 1 heterocycles. The molecule has 2 aromatic carbocycles. The number of aryl methyl sites for hydroxylation is 1. The lowest BCUT2D eigenvalue weighted by molar-refractivity contribution is -0.151. The molecule has 0 amide bonds. The molecule has 8 heteroatoms. The van der Waals surface area contributed by atoms with E-state index in [1.165, 1.54) is 51.4 Å². The zero-order chi connectivity index (χ0) is 43.9. The van der Waals surface area contributed by atoms with E-state index in [1.54, 1.807) is 5.57 Å². The molecule has 1 aromatic heterocycles. The van der Waals surface area contributed by atoms with E-state index in [-0.39, 0.29) is 23.5 Å². The molecule has 3 fully saturated rings. The molecule has 0 saturated heterocycles. The second-order valence-corrected chi connectivity index (χ2v) is 20.9. The minimum absolute atomic E-state index is 0.0267. The van der Waals surface area contributed by atoms with Crippen molar-refractivity contribution in [2.24, 2.45) is 52.3 Å². The van der Waals surface area contributed by atoms with Crippen molar-refractivity contribution in [2.75, 3.05) is 6.61 Å². The van der Waals surface area contributed by atoms with E-state index in [4.69, 9.17) is 14.2 Å². The van der Waals surface area contributed by atoms with Gasteiger partial charge in [-0.15, -0.1) is 5.10 Å². The van der Waals surface area contributed by atoms with E-state index in [0.29, 0.717) is 36.5 Å². The van der Waals surface area contributed by atoms with Gasteiger partial charge < -0.3 is 14.2 Å². The van der Waals surface area contributed by atoms with Crippen LogP contribution in [0.4, 0.5) is 0 Å². The summed E-state index contributed by atoms with van der Waals surface area (Å²) in [7, 11) is 0. The van der Waals surface area contributed by atoms with E-state index in [9.17, 15) is 9.59 Å². The average Bonchev–Trinajstić information content (AvgIpc) is 3.88. The van der Waals surface area contributed by atoms with Gasteiger partial charge in [0.1, 0.15) is 24.2 Å². The maximum absolute atomic E-state index is 13.0. The number of unbranched alkanes of at least 4 members (excludes halogenated alkanes) is 2. The molecule has 7 rings (SSSR count). The molecule has 62 heavy (non-hydrogen) atoms. The fraction of sp³-hybridized carbons (Fsp3) is 0.667. The third-order valence-corrected chi connectivity index (χ3v) is 16.3. The Kier molecular flexibility index (Phi) is 15.4. The molecule has 8 nitrogen and oxygen atoms in total. The number of benzene rings is 2. The number of hydrogen-bond acceptors (Lipinski definition) is 7. The highest BCUT2D eigenvalue weighted by Crippen LogP contribution is 2.67. The maximum Gasteiger partial charge on any atom is 0.338 e. The number of nitrogens with zero attached hydrogens (tertiary/aromatic N) is 3. The molecule has 0 aliphatic heterocycles. The zero-order valence-electron chi connectivity index (χ0n) is 39.2. The highest BCUT2D eigenvalue weighted by Gasteiger charge is 2.59. The van der Waals surface area contributed by atoms with Crippen molar-refractivity contribution in [3.05, 3.63) is 77.6 Å². The molecule has 9 atom stereocenters. The highest BCUT2D eigenvalue weighted by molar-refractivity contribution is 5.90. The van der Waals surface area contributed by atoms with Crippen LogP contribution in [0.3, 0.4) is 0 Å². The first-order chi connectivity index (χ1) is 29.9. The van der Waals surface area contributed by atoms with E-state index in [2.05, 4.69) is 64.9 Å². The van der Waals surface area contributed by atoms with Crippen molar-refractivity contribution in [1.82, 2.24) is 15.0 Å². The molecule has 338 valence electrons. The molecule has 3 aromatic rings. The lowest BCUT2D eigenvalue weighted by atomic mass is 9.47. The van der Waals surface area contributed by atoms with Gasteiger partial charge in [0.2, 0.25) is 0 Å². The van der Waals surface area contributed by atoms with Crippen LogP contribution in [-0.2, 0) is 27.4 Å². The summed E-state index contributed by atoms with van der Waals surface area (Å²) < 4.78 is 19.4. The van der Waals surface area contributed by atoms with Crippen LogP contribution in [0.5, 0.6) is 5.75 Å². The molecular formula is C54H77N3O5. The van der Waals surface area contributed by atoms with Crippen molar-refractivity contribution >= 4 is 11.9 Å². The van der Waals surface area contributed by atoms with Crippen LogP contribution in [0.25, 0.3) is 11.1 Å². The first-order valence-corrected chi connectivity index (χ1v) is 24.6. The number of ether oxygens (including phenoxy) is 3. The van der Waals surface area contributed by atoms with Crippen LogP contribution in [-0.4, -0.2) is 39.6 Å². The molecule has 4 aliphatic carbocycles. The van der Waals surface area contributed by atoms with Crippen LogP contribution in [0.15, 0.2) is 66.4 Å². The second-order valence-electron chi connectivity index (χ2n) is 20.9. The van der Waals surface area contributed by atoms with Crippen LogP contribution < -0.4 is 4.74 Å². The smallest absolute Gasteiger partial charge is 0.338 e. The molecule has 0 spiro atoms. The number of allylic oxidation sites excluding steroid dienone is 1. The fourth-order valence-electron chi connectivity index (χ4n) is 12.4. The van der Waals surface area contributed by atoms with Crippen LogP contribution in [0, 0.1) is 52.3 Å². The topological polar surface area (TPSA) is 92.5 Å². The van der Waals surface area contributed by atoms with E-state index in [0.717, 1.165) is 110 Å². The lowest BCUT2D eigenvalue weighted by Crippen LogP contribution is -2.51. The van der Waals surface area contributed by atoms with Crippen molar-refractivity contribution in [1.29, 1.82) is 0 Å². The highest BCUT2D eigenvalue weighted by atomic mass is 16.5. The first-order valence-electron chi connectivity index (χ1n) is 24.6. The summed E-state index contributed by atoms with van der Waals surface area (Å²) in [5, 5.41) is 8.61. The standard InChI is InChI=1S/C54H77N3O5/c1-8-38(4)35-61-52(59)42-18-16-40(17-19-42)41-20-23-45(24-21-41)60-36-44-34-57(56-55-44)32-11-9-10-15-51(58)62-46-28-30-53(6)43(33-46)22-25-47-49-27-26-48(39(5)14-12-13-37(2)3)54(49,7)31-29-50(47)53/h16-24,34,37-39,46-50H,8-15,25-33,35-36H2,1-7H3/t38?,39-,46+,47+,48-,49+,50+,53+,54-/m1/s1. The quantitative estimate of drug-likeness (QED) is 0.0635. The summed E-state index contributed by atoms with van der Waals surface area (Å²) in [6, 6.07) is 15.4. The van der Waals surface area contributed by atoms with Gasteiger partial charge in [-0.3, -0.25) is 9.48 Å². The van der Waals surface area contributed by atoms with E-state index in [1.807, 2.05) is 59.4 Å². The lowest BCUT2D eigenvalue weighted by Gasteiger charge is -2.58. The summed E-state index contributed by atoms with van der Waals surface area (Å²) in [5.41, 5.74) is 5.76. The van der Waals surface area contributed by atoms with Crippen molar-refractivity contribution in [2.45, 2.75) is 170 Å². The summed E-state index contributed by atoms with van der Waals surface area (Å²) in [4.78, 5) is 25.4. The second kappa shape index (κ2) is 20.7. The Morgan fingerprint density at radius 1 is 0.855 bits per heavy atom. The van der Waals surface area contributed by atoms with Gasteiger partial charge >= 0.3 is 11.9 Å². The average molecular weight is 848 g/mol. The van der Waals surface area contributed by atoms with Gasteiger partial charge in [0.05, 0.1) is 18.4 Å². The van der Waals surface area contributed by atoms with Gasteiger partial charge in [-0.25, -0.2) is 4.79 Å². The monoisotopic (exact) mass is 848 g/mol. The van der Waals surface area contributed by atoms with Gasteiger partial charge in [-0.05, 0) is 145 Å². The Balaban J connectivity index is 0.785. The third-order valence-electron chi connectivity index (χ3n) is 16.3. The zero-order valence-corrected chi connectivity index (χ0v) is 39.2. The third kappa shape index (κ3) is 10.9. The number of esters is 2. The predicted octanol–water partition coefficient (Wildman–Crippen LogP) is 13.2. The number of carbonyl (C=O) groups is 2. The van der Waals surface area contributed by atoms with Crippen LogP contribution in [0.1, 0.15) is 167 Å². The van der Waals surface area contributed by atoms with Crippen molar-refractivity contribution in [3.8, 4) is 16.9 Å². The number of hydrogen-bond donors (Lipinski definition) is 0. The number of aromatic nitrogens is 3. The number of rotatable bonds is 20. The largest absolute Gasteiger partial charge is 0.487 e.